The van der Waals surface area contributed by atoms with E-state index in [0.717, 1.165) is 50.6 Å². The third-order valence-electron chi connectivity index (χ3n) is 5.76. The molecule has 3 aromatic rings. The van der Waals surface area contributed by atoms with Gasteiger partial charge in [-0.05, 0) is 49.4 Å². The van der Waals surface area contributed by atoms with E-state index in [4.69, 9.17) is 11.1 Å². The predicted molar refractivity (Wildman–Crippen MR) is 129 cm³/mol. The van der Waals surface area contributed by atoms with Gasteiger partial charge in [-0.2, -0.15) is 0 Å². The average Bonchev–Trinajstić information content (AvgIpc) is 3.16. The Kier molecular flexibility index (Phi) is 6.71. The van der Waals surface area contributed by atoms with E-state index in [1.807, 2.05) is 18.2 Å². The van der Waals surface area contributed by atoms with Gasteiger partial charge in [0.1, 0.15) is 26.8 Å². The summed E-state index contributed by atoms with van der Waals surface area (Å²) in [6, 6.07) is 5.66. The van der Waals surface area contributed by atoms with Crippen LogP contribution >= 0.6 is 11.8 Å². The van der Waals surface area contributed by atoms with E-state index in [2.05, 4.69) is 20.3 Å². The van der Waals surface area contributed by atoms with Crippen molar-refractivity contribution in [2.24, 2.45) is 5.92 Å². The van der Waals surface area contributed by atoms with Crippen molar-refractivity contribution < 1.29 is 18.6 Å². The largest absolute Gasteiger partial charge is 0.398 e. The van der Waals surface area contributed by atoms with Crippen LogP contribution in [0.25, 0.3) is 11.0 Å². The first-order valence-electron chi connectivity index (χ1n) is 10.7. The minimum atomic E-state index is -3.03. The highest BCUT2D eigenvalue weighted by Crippen LogP contribution is 2.38. The number of aryl methyl sites for hydroxylation is 1. The van der Waals surface area contributed by atoms with Gasteiger partial charge < -0.3 is 16.0 Å². The molecule has 0 saturated carbocycles. The van der Waals surface area contributed by atoms with Gasteiger partial charge in [-0.15, -0.1) is 0 Å². The molecule has 1 aliphatic rings. The first kappa shape index (κ1) is 23.2. The van der Waals surface area contributed by atoms with E-state index in [0.29, 0.717) is 25.1 Å². The summed E-state index contributed by atoms with van der Waals surface area (Å²) in [6.45, 7) is 0.352. The quantitative estimate of drug-likeness (QED) is 0.156. The van der Waals surface area contributed by atoms with Crippen molar-refractivity contribution in [3.63, 3.8) is 0 Å². The normalized spacial score (nSPS) is 15.8. The molecule has 174 valence electrons. The second-order valence-corrected chi connectivity index (χ2v) is 11.6. The number of benzene rings is 1. The molecule has 0 radical (unpaired) electrons. The Morgan fingerprint density at radius 3 is 2.97 bits per heavy atom. The lowest BCUT2D eigenvalue weighted by atomic mass is 9.86. The number of sulfone groups is 1. The number of nitrogens with two attached hydrogens (primary N) is 2. The smallest absolute Gasteiger partial charge is 0.223 e. The number of aromatic nitrogens is 3. The maximum Gasteiger partial charge on any atom is 0.223 e. The number of nitrogen functional groups attached to an aromatic ring is 1. The lowest BCUT2D eigenvalue weighted by molar-refractivity contribution is -0.125. The summed E-state index contributed by atoms with van der Waals surface area (Å²) in [4.78, 5) is 26.0. The molecule has 1 amide bonds. The van der Waals surface area contributed by atoms with E-state index in [9.17, 15) is 13.2 Å². The van der Waals surface area contributed by atoms with E-state index in [-0.39, 0.29) is 17.6 Å². The zero-order chi connectivity index (χ0) is 23.6. The molecule has 2 aromatic heterocycles. The number of hydrogen-bond donors (Lipinski definition) is 4. The van der Waals surface area contributed by atoms with Crippen LogP contribution in [-0.4, -0.2) is 54.0 Å². The highest BCUT2D eigenvalue weighted by atomic mass is 32.2. The molecule has 33 heavy (non-hydrogen) atoms. The van der Waals surface area contributed by atoms with Gasteiger partial charge in [0.15, 0.2) is 6.21 Å². The Balaban J connectivity index is 1.54. The molecule has 1 atom stereocenters. The summed E-state index contributed by atoms with van der Waals surface area (Å²) in [7, 11) is -3.03. The number of anilines is 1. The fourth-order valence-corrected chi connectivity index (χ4v) is 5.71. The van der Waals surface area contributed by atoms with E-state index in [1.54, 1.807) is 0 Å². The number of nitrogens with zero attached hydrogens (tertiary/aromatic N) is 2. The highest BCUT2D eigenvalue weighted by molar-refractivity contribution is 7.99. The number of nitrogens with one attached hydrogen (secondary N) is 2. The van der Waals surface area contributed by atoms with Crippen LogP contribution in [0.3, 0.4) is 0 Å². The molecule has 0 fully saturated rings. The van der Waals surface area contributed by atoms with Crippen LogP contribution in [0, 0.1) is 5.92 Å². The number of carbonyl (C=O) groups is 1. The molecular formula is C22H27N6O3S2+. The lowest BCUT2D eigenvalue weighted by Crippen LogP contribution is -2.35. The molecule has 2 heterocycles. The van der Waals surface area contributed by atoms with Crippen molar-refractivity contribution in [3.05, 3.63) is 41.3 Å². The molecule has 11 heteroatoms. The number of amides is 1. The molecule has 0 saturated heterocycles. The van der Waals surface area contributed by atoms with Crippen LogP contribution in [0.15, 0.2) is 34.4 Å². The third kappa shape index (κ3) is 5.36. The molecule has 1 unspecified atom stereocenters. The molecule has 0 spiro atoms. The summed E-state index contributed by atoms with van der Waals surface area (Å²) in [5.41, 5.74) is 10.2. The summed E-state index contributed by atoms with van der Waals surface area (Å²) in [5, 5.41) is 10.3. The topological polar surface area (TPSA) is 156 Å². The van der Waals surface area contributed by atoms with E-state index in [1.165, 1.54) is 30.6 Å². The van der Waals surface area contributed by atoms with Crippen molar-refractivity contribution in [3.8, 4) is 0 Å². The van der Waals surface area contributed by atoms with Gasteiger partial charge in [0.2, 0.25) is 5.91 Å². The van der Waals surface area contributed by atoms with Gasteiger partial charge in [-0.25, -0.2) is 18.4 Å². The molecule has 0 aliphatic heterocycles. The lowest BCUT2D eigenvalue weighted by Gasteiger charge is -2.22. The van der Waals surface area contributed by atoms with Gasteiger partial charge in [0.25, 0.3) is 0 Å². The van der Waals surface area contributed by atoms with Crippen LogP contribution in [-0.2, 0) is 27.5 Å². The first-order valence-corrected chi connectivity index (χ1v) is 13.5. The minimum Gasteiger partial charge on any atom is -0.398 e. The van der Waals surface area contributed by atoms with Crippen LogP contribution in [0.5, 0.6) is 0 Å². The number of H-pyrrole nitrogens is 1. The summed E-state index contributed by atoms with van der Waals surface area (Å²) in [6.07, 6.45) is 6.67. The molecular weight excluding hydrogens is 460 g/mol. The summed E-state index contributed by atoms with van der Waals surface area (Å²) < 4.78 is 22.6. The van der Waals surface area contributed by atoms with Crippen LogP contribution in [0.2, 0.25) is 0 Å². The van der Waals surface area contributed by atoms with E-state index >= 15 is 0 Å². The molecule has 6 N–H and O–H groups in total. The fraction of sp³-hybridized carbons (Fsp3) is 0.364. The number of carbonyl (C=O) groups excluding carboxylic acids is 1. The standard InChI is InChI=1S/C22H26N6O3S2/c1-33(30,31)8-2-7-25-21(29)13-3-6-18-16(10-13)19-20(28-18)26-12-27-22(19)32-15-4-5-17(24)14(9-15)11-23/h4-5,9,11-13,23H,2-3,6-8,10,24H2,1H3,(H,25,29)(H,26,27,28)/p+1. The SMILES string of the molecule is CS(=O)(=O)CCCNC(=O)C1CCc2[nH]c3ncnc(Sc4ccc(N)c(C=[NH2+])c4)c3c2C1. The first-order chi connectivity index (χ1) is 15.7. The van der Waals surface area contributed by atoms with Crippen molar-refractivity contribution >= 4 is 50.4 Å². The van der Waals surface area contributed by atoms with Crippen molar-refractivity contribution in [1.29, 1.82) is 0 Å². The zero-order valence-corrected chi connectivity index (χ0v) is 19.9. The zero-order valence-electron chi connectivity index (χ0n) is 18.3. The maximum absolute atomic E-state index is 12.7. The molecule has 1 aliphatic carbocycles. The Morgan fingerprint density at radius 2 is 2.21 bits per heavy atom. The molecule has 4 rings (SSSR count). The van der Waals surface area contributed by atoms with Gasteiger partial charge in [-0.1, -0.05) is 11.8 Å². The Labute approximate surface area is 196 Å². The third-order valence-corrected chi connectivity index (χ3v) is 7.78. The second-order valence-electron chi connectivity index (χ2n) is 8.26. The van der Waals surface area contributed by atoms with Crippen molar-refractivity contribution in [2.75, 3.05) is 24.3 Å². The molecule has 9 nitrogen and oxygen atoms in total. The number of hydrogen-bond acceptors (Lipinski definition) is 7. The molecule has 1 aromatic carbocycles. The second kappa shape index (κ2) is 9.52. The Bertz CT molecular complexity index is 1320. The average molecular weight is 488 g/mol. The number of fused-ring (bicyclic) bond motifs is 3. The molecule has 0 bridgehead atoms. The maximum atomic E-state index is 12.7. The van der Waals surface area contributed by atoms with Crippen molar-refractivity contribution in [2.45, 2.75) is 35.6 Å². The Hall–Kier alpha value is -2.92. The summed E-state index contributed by atoms with van der Waals surface area (Å²) >= 11 is 1.50. The summed E-state index contributed by atoms with van der Waals surface area (Å²) in [5.74, 6) is -0.156. The van der Waals surface area contributed by atoms with Gasteiger partial charge in [0, 0.05) is 35.0 Å². The number of rotatable bonds is 8. The minimum absolute atomic E-state index is 0.0452. The van der Waals surface area contributed by atoms with Crippen LogP contribution < -0.4 is 16.5 Å². The number of aromatic amines is 1. The monoisotopic (exact) mass is 487 g/mol. The predicted octanol–water partition coefficient (Wildman–Crippen LogP) is 0.525. The fourth-order valence-electron chi connectivity index (χ4n) is 4.07. The van der Waals surface area contributed by atoms with Crippen molar-refractivity contribution in [1.82, 2.24) is 20.3 Å². The van der Waals surface area contributed by atoms with Gasteiger partial charge in [0.05, 0.1) is 16.7 Å². The van der Waals surface area contributed by atoms with E-state index < -0.39 is 9.84 Å². The van der Waals surface area contributed by atoms with Crippen LogP contribution in [0.1, 0.15) is 29.7 Å². The van der Waals surface area contributed by atoms with Gasteiger partial charge >= 0.3 is 0 Å². The van der Waals surface area contributed by atoms with Gasteiger partial charge in [-0.3, -0.25) is 10.2 Å². The van der Waals surface area contributed by atoms with Crippen LogP contribution in [0.4, 0.5) is 5.69 Å². The Morgan fingerprint density at radius 1 is 1.39 bits per heavy atom. The highest BCUT2D eigenvalue weighted by Gasteiger charge is 2.29.